The van der Waals surface area contributed by atoms with Crippen molar-refractivity contribution in [3.63, 3.8) is 0 Å². The number of likely N-dealkylation sites (tertiary alicyclic amines) is 1. The van der Waals surface area contributed by atoms with Gasteiger partial charge in [0.25, 0.3) is 0 Å². The molecule has 2 N–H and O–H groups in total. The van der Waals surface area contributed by atoms with Gasteiger partial charge in [0.05, 0.1) is 19.3 Å². The van der Waals surface area contributed by atoms with Crippen molar-refractivity contribution in [2.24, 2.45) is 4.99 Å². The summed E-state index contributed by atoms with van der Waals surface area (Å²) in [6.45, 7) is 14.1. The number of halogens is 1. The summed E-state index contributed by atoms with van der Waals surface area (Å²) in [5.41, 5.74) is 0.991. The minimum atomic E-state index is -0.467. The average Bonchev–Trinajstić information content (AvgIpc) is 2.73. The normalized spacial score (nSPS) is 17.9. The van der Waals surface area contributed by atoms with E-state index >= 15 is 0 Å². The van der Waals surface area contributed by atoms with Gasteiger partial charge in [0.1, 0.15) is 5.60 Å². The number of nitrogens with zero attached hydrogens (tertiary/aromatic N) is 2. The fraction of sp³-hybridized carbons (Fsp3) is 0.826. The van der Waals surface area contributed by atoms with E-state index in [1.807, 2.05) is 20.8 Å². The number of nitrogens with one attached hydrogen (secondary N) is 2. The van der Waals surface area contributed by atoms with Crippen LogP contribution in [0.4, 0.5) is 4.79 Å². The Morgan fingerprint density at radius 3 is 2.66 bits per heavy atom. The highest BCUT2D eigenvalue weighted by Crippen LogP contribution is 2.15. The van der Waals surface area contributed by atoms with E-state index in [4.69, 9.17) is 19.2 Å². The molecule has 0 bridgehead atoms. The van der Waals surface area contributed by atoms with Crippen LogP contribution < -0.4 is 10.6 Å². The molecule has 32 heavy (non-hydrogen) atoms. The molecule has 2 aliphatic heterocycles. The van der Waals surface area contributed by atoms with Crippen molar-refractivity contribution in [1.82, 2.24) is 15.5 Å². The zero-order chi connectivity index (χ0) is 22.5. The molecule has 2 heterocycles. The molecule has 1 fully saturated rings. The molecule has 186 valence electrons. The summed E-state index contributed by atoms with van der Waals surface area (Å²) < 4.78 is 16.6. The number of carbonyl (C=O) groups excluding carboxylic acids is 1. The predicted molar refractivity (Wildman–Crippen MR) is 139 cm³/mol. The minimum absolute atomic E-state index is 0. The van der Waals surface area contributed by atoms with Gasteiger partial charge in [-0.25, -0.2) is 4.79 Å². The molecule has 0 radical (unpaired) electrons. The van der Waals surface area contributed by atoms with Gasteiger partial charge in [-0.1, -0.05) is 11.6 Å². The summed E-state index contributed by atoms with van der Waals surface area (Å²) in [5, 5.41) is 6.20. The second kappa shape index (κ2) is 15.7. The predicted octanol–water partition coefficient (Wildman–Crippen LogP) is 3.70. The summed E-state index contributed by atoms with van der Waals surface area (Å²) >= 11 is 0. The molecule has 8 nitrogen and oxygen atoms in total. The number of carbonyl (C=O) groups is 1. The van der Waals surface area contributed by atoms with Crippen LogP contribution in [0.5, 0.6) is 0 Å². The van der Waals surface area contributed by atoms with E-state index in [1.54, 1.807) is 0 Å². The van der Waals surface area contributed by atoms with Crippen LogP contribution >= 0.6 is 24.0 Å². The number of guanidine groups is 1. The maximum Gasteiger partial charge on any atom is 0.407 e. The second-order valence-corrected chi connectivity index (χ2v) is 9.01. The van der Waals surface area contributed by atoms with Crippen molar-refractivity contribution in [2.75, 3.05) is 52.5 Å². The third kappa shape index (κ3) is 12.2. The number of rotatable bonds is 9. The van der Waals surface area contributed by atoms with Gasteiger partial charge >= 0.3 is 6.09 Å². The lowest BCUT2D eigenvalue weighted by atomic mass is 10.1. The van der Waals surface area contributed by atoms with Crippen LogP contribution in [-0.4, -0.2) is 81.2 Å². The summed E-state index contributed by atoms with van der Waals surface area (Å²) in [6, 6.07) is 0. The lowest BCUT2D eigenvalue weighted by molar-refractivity contribution is 0.0170. The Labute approximate surface area is 210 Å². The molecule has 0 unspecified atom stereocenters. The highest BCUT2D eigenvalue weighted by atomic mass is 127. The molecule has 0 aliphatic carbocycles. The number of ether oxygens (including phenoxy) is 3. The number of hydrogen-bond acceptors (Lipinski definition) is 5. The van der Waals surface area contributed by atoms with Crippen molar-refractivity contribution in [2.45, 2.75) is 71.5 Å². The number of alkyl carbamates (subject to hydrolysis) is 1. The Kier molecular flexibility index (Phi) is 14.2. The first-order chi connectivity index (χ1) is 14.9. The third-order valence-corrected chi connectivity index (χ3v) is 5.17. The molecule has 0 aromatic rings. The Morgan fingerprint density at radius 1 is 1.28 bits per heavy atom. The van der Waals surface area contributed by atoms with Gasteiger partial charge in [-0.2, -0.15) is 0 Å². The standard InChI is InChI=1S/C23H42N4O4.HI/c1-5-24-21(25-13-7-19-10-17-29-18-11-19)27-14-8-20(9-15-27)30-16-6-12-26-22(28)31-23(2,3)4;/h10,20H,5-9,11-18H2,1-4H3,(H,24,25)(H,26,28);1H. The summed E-state index contributed by atoms with van der Waals surface area (Å²) in [5.74, 6) is 1.01. The quantitative estimate of drug-likeness (QED) is 0.146. The van der Waals surface area contributed by atoms with Crippen LogP contribution in [0, 0.1) is 0 Å². The number of piperidine rings is 1. The van der Waals surface area contributed by atoms with E-state index in [1.165, 1.54) is 5.57 Å². The van der Waals surface area contributed by atoms with E-state index in [-0.39, 0.29) is 36.2 Å². The monoisotopic (exact) mass is 566 g/mol. The van der Waals surface area contributed by atoms with Crippen LogP contribution in [0.3, 0.4) is 0 Å². The van der Waals surface area contributed by atoms with Gasteiger partial charge in [-0.3, -0.25) is 4.99 Å². The topological polar surface area (TPSA) is 84.4 Å². The maximum atomic E-state index is 11.6. The Bertz CT molecular complexity index is 599. The van der Waals surface area contributed by atoms with E-state index in [0.717, 1.165) is 77.5 Å². The first-order valence-electron chi connectivity index (χ1n) is 11.7. The van der Waals surface area contributed by atoms with Crippen LogP contribution in [0.2, 0.25) is 0 Å². The minimum Gasteiger partial charge on any atom is -0.444 e. The molecule has 0 aromatic heterocycles. The fourth-order valence-electron chi connectivity index (χ4n) is 3.58. The molecule has 0 atom stereocenters. The van der Waals surface area contributed by atoms with Crippen molar-refractivity contribution in [3.05, 3.63) is 11.6 Å². The first-order valence-corrected chi connectivity index (χ1v) is 11.7. The molecule has 1 amide bonds. The Morgan fingerprint density at radius 2 is 2.03 bits per heavy atom. The third-order valence-electron chi connectivity index (χ3n) is 5.17. The highest BCUT2D eigenvalue weighted by Gasteiger charge is 2.22. The Hall–Kier alpha value is -1.07. The largest absolute Gasteiger partial charge is 0.444 e. The summed E-state index contributed by atoms with van der Waals surface area (Å²) in [7, 11) is 0. The zero-order valence-corrected chi connectivity index (χ0v) is 22.6. The van der Waals surface area contributed by atoms with Crippen LogP contribution in [0.1, 0.15) is 59.8 Å². The van der Waals surface area contributed by atoms with Gasteiger partial charge in [0, 0.05) is 39.3 Å². The van der Waals surface area contributed by atoms with Crippen LogP contribution in [-0.2, 0) is 14.2 Å². The molecule has 0 spiro atoms. The van der Waals surface area contributed by atoms with Crippen molar-refractivity contribution >= 4 is 36.0 Å². The first kappa shape index (κ1) is 29.0. The molecule has 1 saturated heterocycles. The van der Waals surface area contributed by atoms with Gasteiger partial charge in [0.2, 0.25) is 0 Å². The van der Waals surface area contributed by atoms with Crippen molar-refractivity contribution < 1.29 is 19.0 Å². The molecule has 0 saturated carbocycles. The lowest BCUT2D eigenvalue weighted by Crippen LogP contribution is -2.47. The molecule has 2 rings (SSSR count). The average molecular weight is 567 g/mol. The van der Waals surface area contributed by atoms with Gasteiger partial charge in [-0.05, 0) is 59.8 Å². The Balaban J connectivity index is 0.00000512. The van der Waals surface area contributed by atoms with Gasteiger partial charge in [0.15, 0.2) is 5.96 Å². The highest BCUT2D eigenvalue weighted by molar-refractivity contribution is 14.0. The fourth-order valence-corrected chi connectivity index (χ4v) is 3.58. The molecular weight excluding hydrogens is 523 g/mol. The number of aliphatic imine (C=N–C) groups is 1. The lowest BCUT2D eigenvalue weighted by Gasteiger charge is -2.34. The van der Waals surface area contributed by atoms with Crippen molar-refractivity contribution in [1.29, 1.82) is 0 Å². The number of hydrogen-bond donors (Lipinski definition) is 2. The molecular formula is C23H43IN4O4. The smallest absolute Gasteiger partial charge is 0.407 e. The van der Waals surface area contributed by atoms with Crippen molar-refractivity contribution in [3.8, 4) is 0 Å². The van der Waals surface area contributed by atoms with Gasteiger partial charge < -0.3 is 29.7 Å². The molecule has 2 aliphatic rings. The summed E-state index contributed by atoms with van der Waals surface area (Å²) in [4.78, 5) is 18.8. The molecule has 9 heteroatoms. The van der Waals surface area contributed by atoms with Crippen LogP contribution in [0.15, 0.2) is 16.6 Å². The SMILES string of the molecule is CCNC(=NCCC1=CCOCC1)N1CCC(OCCCNC(=O)OC(C)(C)C)CC1.I. The maximum absolute atomic E-state index is 11.6. The van der Waals surface area contributed by atoms with E-state index in [0.29, 0.717) is 13.2 Å². The summed E-state index contributed by atoms with van der Waals surface area (Å²) in [6.07, 6.45) is 6.90. The van der Waals surface area contributed by atoms with Gasteiger partial charge in [-0.15, -0.1) is 24.0 Å². The van der Waals surface area contributed by atoms with E-state index < -0.39 is 5.60 Å². The number of amides is 1. The van der Waals surface area contributed by atoms with Crippen LogP contribution in [0.25, 0.3) is 0 Å². The molecule has 0 aromatic carbocycles. The second-order valence-electron chi connectivity index (χ2n) is 9.01. The zero-order valence-electron chi connectivity index (χ0n) is 20.3. The van der Waals surface area contributed by atoms with E-state index in [2.05, 4.69) is 28.5 Å². The van der Waals surface area contributed by atoms with E-state index in [9.17, 15) is 4.79 Å².